The summed E-state index contributed by atoms with van der Waals surface area (Å²) in [6.45, 7) is 3.10. The van der Waals surface area contributed by atoms with E-state index in [1.807, 2.05) is 61.5 Å². The smallest absolute Gasteiger partial charge is 0.272 e. The molecule has 0 aliphatic carbocycles. The number of pyridine rings is 1. The predicted molar refractivity (Wildman–Crippen MR) is 114 cm³/mol. The number of carbonyl (C=O) groups excluding carboxylic acids is 1. The lowest BCUT2D eigenvalue weighted by Gasteiger charge is -2.21. The first-order valence-corrected chi connectivity index (χ1v) is 9.43. The minimum absolute atomic E-state index is 0.113. The van der Waals surface area contributed by atoms with E-state index in [0.29, 0.717) is 30.3 Å². The van der Waals surface area contributed by atoms with Crippen LogP contribution < -0.4 is 14.8 Å². The number of amides is 1. The number of hydrogen-bond acceptors (Lipinski definition) is 5. The van der Waals surface area contributed by atoms with Gasteiger partial charge in [0.05, 0.1) is 19.9 Å². The van der Waals surface area contributed by atoms with Gasteiger partial charge in [-0.15, -0.1) is 0 Å². The van der Waals surface area contributed by atoms with Gasteiger partial charge in [-0.05, 0) is 36.8 Å². The molecule has 3 rings (SSSR count). The molecule has 0 bridgehead atoms. The van der Waals surface area contributed by atoms with Crippen LogP contribution >= 0.6 is 0 Å². The van der Waals surface area contributed by atoms with Crippen LogP contribution in [0.15, 0.2) is 66.9 Å². The van der Waals surface area contributed by atoms with Crippen LogP contribution in [-0.2, 0) is 6.54 Å². The Kier molecular flexibility index (Phi) is 6.68. The van der Waals surface area contributed by atoms with Crippen molar-refractivity contribution in [1.82, 2.24) is 9.88 Å². The third-order valence-electron chi connectivity index (χ3n) is 4.55. The van der Waals surface area contributed by atoms with Gasteiger partial charge in [0.1, 0.15) is 17.2 Å². The summed E-state index contributed by atoms with van der Waals surface area (Å²) in [7, 11) is 3.22. The molecule has 3 aromatic rings. The minimum Gasteiger partial charge on any atom is -0.497 e. The predicted octanol–water partition coefficient (Wildman–Crippen LogP) is 4.50. The maximum Gasteiger partial charge on any atom is 0.272 e. The van der Waals surface area contributed by atoms with Crippen molar-refractivity contribution in [2.24, 2.45) is 0 Å². The zero-order chi connectivity index (χ0) is 20.6. The molecular formula is C23H25N3O3. The molecule has 0 saturated heterocycles. The highest BCUT2D eigenvalue weighted by molar-refractivity contribution is 5.93. The first-order chi connectivity index (χ1) is 14.1. The Morgan fingerprint density at radius 3 is 2.52 bits per heavy atom. The Morgan fingerprint density at radius 1 is 1.03 bits per heavy atom. The third kappa shape index (κ3) is 5.04. The number of rotatable bonds is 8. The van der Waals surface area contributed by atoms with E-state index in [1.165, 1.54) is 0 Å². The summed E-state index contributed by atoms with van der Waals surface area (Å²) in [4.78, 5) is 19.1. The average Bonchev–Trinajstić information content (AvgIpc) is 2.77. The molecule has 0 aliphatic heterocycles. The van der Waals surface area contributed by atoms with Gasteiger partial charge in [0.25, 0.3) is 5.91 Å². The van der Waals surface area contributed by atoms with Crippen molar-refractivity contribution in [3.8, 4) is 11.5 Å². The molecule has 1 N–H and O–H groups in total. The lowest BCUT2D eigenvalue weighted by atomic mass is 10.2. The summed E-state index contributed by atoms with van der Waals surface area (Å²) in [6.07, 6.45) is 1.62. The Hall–Kier alpha value is -3.54. The lowest BCUT2D eigenvalue weighted by molar-refractivity contribution is 0.0746. The highest BCUT2D eigenvalue weighted by Crippen LogP contribution is 2.31. The molecule has 0 atom stereocenters. The second-order valence-electron chi connectivity index (χ2n) is 6.43. The van der Waals surface area contributed by atoms with Gasteiger partial charge in [-0.3, -0.25) is 9.78 Å². The van der Waals surface area contributed by atoms with Crippen LogP contribution in [0, 0.1) is 0 Å². The molecule has 150 valence electrons. The summed E-state index contributed by atoms with van der Waals surface area (Å²) in [5, 5.41) is 3.28. The van der Waals surface area contributed by atoms with E-state index in [9.17, 15) is 4.79 Å². The molecule has 1 aromatic heterocycles. The van der Waals surface area contributed by atoms with Crippen molar-refractivity contribution < 1.29 is 14.3 Å². The Bertz CT molecular complexity index is 961. The molecule has 0 spiro atoms. The topological polar surface area (TPSA) is 63.7 Å². The first kappa shape index (κ1) is 20.2. The van der Waals surface area contributed by atoms with Gasteiger partial charge in [0.15, 0.2) is 0 Å². The normalized spacial score (nSPS) is 10.3. The van der Waals surface area contributed by atoms with Crippen molar-refractivity contribution in [3.05, 3.63) is 78.1 Å². The molecule has 2 aromatic carbocycles. The number of hydrogen-bond donors (Lipinski definition) is 1. The second kappa shape index (κ2) is 9.59. The van der Waals surface area contributed by atoms with Crippen molar-refractivity contribution in [2.75, 3.05) is 26.1 Å². The SMILES string of the molecule is CCN(Cc1ccccc1)C(=O)c1cc(Nc2cc(OC)ccc2OC)ccn1. The molecule has 6 nitrogen and oxygen atoms in total. The van der Waals surface area contributed by atoms with E-state index in [4.69, 9.17) is 9.47 Å². The van der Waals surface area contributed by atoms with Crippen LogP contribution in [-0.4, -0.2) is 36.6 Å². The molecule has 0 aliphatic rings. The zero-order valence-corrected chi connectivity index (χ0v) is 16.9. The van der Waals surface area contributed by atoms with Crippen LogP contribution in [0.4, 0.5) is 11.4 Å². The van der Waals surface area contributed by atoms with Gasteiger partial charge >= 0.3 is 0 Å². The second-order valence-corrected chi connectivity index (χ2v) is 6.43. The maximum atomic E-state index is 13.0. The van der Waals surface area contributed by atoms with Gasteiger partial charge in [0, 0.05) is 31.0 Å². The van der Waals surface area contributed by atoms with Crippen molar-refractivity contribution in [1.29, 1.82) is 0 Å². The van der Waals surface area contributed by atoms with Crippen LogP contribution in [0.3, 0.4) is 0 Å². The van der Waals surface area contributed by atoms with Crippen LogP contribution in [0.25, 0.3) is 0 Å². The molecule has 0 fully saturated rings. The van der Waals surface area contributed by atoms with E-state index in [2.05, 4.69) is 10.3 Å². The number of ether oxygens (including phenoxy) is 2. The molecule has 1 amide bonds. The number of anilines is 2. The Labute approximate surface area is 171 Å². The number of benzene rings is 2. The largest absolute Gasteiger partial charge is 0.497 e. The molecule has 1 heterocycles. The molecule has 29 heavy (non-hydrogen) atoms. The third-order valence-corrected chi connectivity index (χ3v) is 4.55. The average molecular weight is 391 g/mol. The highest BCUT2D eigenvalue weighted by Gasteiger charge is 2.17. The van der Waals surface area contributed by atoms with Gasteiger partial charge in [-0.25, -0.2) is 0 Å². The van der Waals surface area contributed by atoms with Crippen molar-refractivity contribution in [3.63, 3.8) is 0 Å². The van der Waals surface area contributed by atoms with Crippen LogP contribution in [0.5, 0.6) is 11.5 Å². The fraction of sp³-hybridized carbons (Fsp3) is 0.217. The van der Waals surface area contributed by atoms with E-state index in [0.717, 1.165) is 16.9 Å². The van der Waals surface area contributed by atoms with E-state index in [-0.39, 0.29) is 5.91 Å². The Morgan fingerprint density at radius 2 is 1.83 bits per heavy atom. The van der Waals surface area contributed by atoms with Gasteiger partial charge in [-0.2, -0.15) is 0 Å². The van der Waals surface area contributed by atoms with E-state index in [1.54, 1.807) is 31.4 Å². The molecular weight excluding hydrogens is 366 g/mol. The maximum absolute atomic E-state index is 13.0. The molecule has 0 saturated carbocycles. The standard InChI is InChI=1S/C23H25N3O3/c1-4-26(16-17-8-6-5-7-9-17)23(27)21-14-18(12-13-24-21)25-20-15-19(28-2)10-11-22(20)29-3/h5-15H,4,16H2,1-3H3,(H,24,25). The lowest BCUT2D eigenvalue weighted by Crippen LogP contribution is -2.31. The molecule has 6 heteroatoms. The quantitative estimate of drug-likeness (QED) is 0.612. The summed E-state index contributed by atoms with van der Waals surface area (Å²) < 4.78 is 10.7. The zero-order valence-electron chi connectivity index (χ0n) is 16.9. The number of methoxy groups -OCH3 is 2. The first-order valence-electron chi connectivity index (χ1n) is 9.43. The van der Waals surface area contributed by atoms with Gasteiger partial charge in [0.2, 0.25) is 0 Å². The summed E-state index contributed by atoms with van der Waals surface area (Å²) in [6, 6.07) is 19.0. The summed E-state index contributed by atoms with van der Waals surface area (Å²) >= 11 is 0. The van der Waals surface area contributed by atoms with E-state index < -0.39 is 0 Å². The van der Waals surface area contributed by atoms with Gasteiger partial charge in [-0.1, -0.05) is 30.3 Å². The number of carbonyl (C=O) groups is 1. The Balaban J connectivity index is 1.81. The number of aromatic nitrogens is 1. The fourth-order valence-electron chi connectivity index (χ4n) is 2.99. The van der Waals surface area contributed by atoms with Crippen LogP contribution in [0.2, 0.25) is 0 Å². The van der Waals surface area contributed by atoms with E-state index >= 15 is 0 Å². The van der Waals surface area contributed by atoms with Crippen LogP contribution in [0.1, 0.15) is 23.0 Å². The minimum atomic E-state index is -0.113. The monoisotopic (exact) mass is 391 g/mol. The highest BCUT2D eigenvalue weighted by atomic mass is 16.5. The summed E-state index contributed by atoms with van der Waals surface area (Å²) in [5.41, 5.74) is 2.95. The van der Waals surface area contributed by atoms with Crippen molar-refractivity contribution in [2.45, 2.75) is 13.5 Å². The van der Waals surface area contributed by atoms with Crippen molar-refractivity contribution >= 4 is 17.3 Å². The molecule has 0 radical (unpaired) electrons. The molecule has 0 unspecified atom stereocenters. The number of nitrogens with zero attached hydrogens (tertiary/aromatic N) is 2. The fourth-order valence-corrected chi connectivity index (χ4v) is 2.99. The number of nitrogens with one attached hydrogen (secondary N) is 1. The summed E-state index contributed by atoms with van der Waals surface area (Å²) in [5.74, 6) is 1.27. The van der Waals surface area contributed by atoms with Gasteiger partial charge < -0.3 is 19.7 Å².